The van der Waals surface area contributed by atoms with Gasteiger partial charge in [0.15, 0.2) is 0 Å². The van der Waals surface area contributed by atoms with Crippen molar-refractivity contribution in [1.82, 2.24) is 14.9 Å². The molecule has 0 unspecified atom stereocenters. The molecule has 3 saturated heterocycles. The largest absolute Gasteiger partial charge is 0.381 e. The van der Waals surface area contributed by atoms with Gasteiger partial charge in [0.2, 0.25) is 11.9 Å². The fourth-order valence-corrected chi connectivity index (χ4v) is 3.96. The van der Waals surface area contributed by atoms with E-state index in [-0.39, 0.29) is 11.8 Å². The molecule has 0 saturated carbocycles. The van der Waals surface area contributed by atoms with Crippen molar-refractivity contribution in [2.24, 2.45) is 5.92 Å². The Morgan fingerprint density at radius 1 is 0.926 bits per heavy atom. The van der Waals surface area contributed by atoms with Crippen LogP contribution in [0.15, 0.2) is 6.07 Å². The van der Waals surface area contributed by atoms with Gasteiger partial charge in [-0.1, -0.05) is 0 Å². The third kappa shape index (κ3) is 4.32. The van der Waals surface area contributed by atoms with Gasteiger partial charge in [0.1, 0.15) is 5.82 Å². The molecule has 8 heteroatoms. The van der Waals surface area contributed by atoms with Gasteiger partial charge in [-0.05, 0) is 19.8 Å². The first-order valence-electron chi connectivity index (χ1n) is 10.0. The van der Waals surface area contributed by atoms with Gasteiger partial charge in [0.25, 0.3) is 0 Å². The second-order valence-electron chi connectivity index (χ2n) is 7.47. The van der Waals surface area contributed by atoms with E-state index < -0.39 is 0 Å². The van der Waals surface area contributed by atoms with Crippen LogP contribution in [0.2, 0.25) is 0 Å². The average Bonchev–Trinajstić information content (AvgIpc) is 2.74. The molecule has 0 N–H and O–H groups in total. The van der Waals surface area contributed by atoms with Gasteiger partial charge < -0.3 is 24.2 Å². The average molecular weight is 375 g/mol. The van der Waals surface area contributed by atoms with Crippen molar-refractivity contribution in [2.75, 3.05) is 75.5 Å². The monoisotopic (exact) mass is 375 g/mol. The lowest BCUT2D eigenvalue weighted by molar-refractivity contribution is -0.138. The molecule has 8 nitrogen and oxygen atoms in total. The van der Waals surface area contributed by atoms with Crippen LogP contribution in [0.4, 0.5) is 11.8 Å². The number of anilines is 2. The summed E-state index contributed by atoms with van der Waals surface area (Å²) in [4.78, 5) is 28.6. The predicted molar refractivity (Wildman–Crippen MR) is 102 cm³/mol. The molecule has 148 valence electrons. The van der Waals surface area contributed by atoms with Crippen LogP contribution in [0, 0.1) is 12.8 Å². The SMILES string of the molecule is Cc1cc(N2CCOCC2)nc(N2CCN(C(=O)C3CCOCC3)CC2)n1. The van der Waals surface area contributed by atoms with Crippen LogP contribution in [0.25, 0.3) is 0 Å². The minimum atomic E-state index is 0.133. The van der Waals surface area contributed by atoms with E-state index in [1.807, 2.05) is 17.9 Å². The molecular weight excluding hydrogens is 346 g/mol. The fraction of sp³-hybridized carbons (Fsp3) is 0.737. The molecule has 0 aliphatic carbocycles. The van der Waals surface area contributed by atoms with Crippen molar-refractivity contribution in [1.29, 1.82) is 0 Å². The highest BCUT2D eigenvalue weighted by molar-refractivity contribution is 5.79. The molecule has 4 rings (SSSR count). The molecule has 1 aromatic rings. The van der Waals surface area contributed by atoms with Crippen molar-refractivity contribution < 1.29 is 14.3 Å². The Balaban J connectivity index is 1.39. The summed E-state index contributed by atoms with van der Waals surface area (Å²) in [5.74, 6) is 2.17. The zero-order chi connectivity index (χ0) is 18.6. The third-order valence-electron chi connectivity index (χ3n) is 5.61. The Morgan fingerprint density at radius 3 is 2.30 bits per heavy atom. The number of carbonyl (C=O) groups is 1. The van der Waals surface area contributed by atoms with E-state index in [4.69, 9.17) is 14.5 Å². The van der Waals surface area contributed by atoms with Gasteiger partial charge in [-0.25, -0.2) is 4.98 Å². The summed E-state index contributed by atoms with van der Waals surface area (Å²) in [6.45, 7) is 9.67. The van der Waals surface area contributed by atoms with Gasteiger partial charge >= 0.3 is 0 Å². The molecule has 0 atom stereocenters. The second kappa shape index (κ2) is 8.39. The van der Waals surface area contributed by atoms with Crippen molar-refractivity contribution in [2.45, 2.75) is 19.8 Å². The number of aryl methyl sites for hydroxylation is 1. The van der Waals surface area contributed by atoms with Crippen LogP contribution in [0.3, 0.4) is 0 Å². The van der Waals surface area contributed by atoms with Crippen LogP contribution >= 0.6 is 0 Å². The number of morpholine rings is 1. The smallest absolute Gasteiger partial charge is 0.227 e. The van der Waals surface area contributed by atoms with E-state index in [1.54, 1.807) is 0 Å². The number of piperazine rings is 1. The fourth-order valence-electron chi connectivity index (χ4n) is 3.96. The van der Waals surface area contributed by atoms with Gasteiger partial charge in [-0.2, -0.15) is 4.98 Å². The van der Waals surface area contributed by atoms with Crippen LogP contribution in [0.1, 0.15) is 18.5 Å². The van der Waals surface area contributed by atoms with Crippen LogP contribution in [0.5, 0.6) is 0 Å². The van der Waals surface area contributed by atoms with E-state index in [0.29, 0.717) is 13.2 Å². The van der Waals surface area contributed by atoms with E-state index in [9.17, 15) is 4.79 Å². The first-order valence-corrected chi connectivity index (χ1v) is 10.0. The molecule has 3 fully saturated rings. The first-order chi connectivity index (χ1) is 13.2. The molecule has 1 amide bonds. The van der Waals surface area contributed by atoms with Gasteiger partial charge in [-0.15, -0.1) is 0 Å². The lowest BCUT2D eigenvalue weighted by Crippen LogP contribution is -2.51. The van der Waals surface area contributed by atoms with E-state index >= 15 is 0 Å². The summed E-state index contributed by atoms with van der Waals surface area (Å²) in [7, 11) is 0. The standard InChI is InChI=1S/C19H29N5O3/c1-15-14-17(22-8-12-27-13-9-22)21-19(20-15)24-6-4-23(5-7-24)18(25)16-2-10-26-11-3-16/h14,16H,2-13H2,1H3. The molecule has 0 bridgehead atoms. The zero-order valence-corrected chi connectivity index (χ0v) is 16.1. The maximum Gasteiger partial charge on any atom is 0.227 e. The molecule has 3 aliphatic heterocycles. The van der Waals surface area contributed by atoms with E-state index in [1.165, 1.54) is 0 Å². The van der Waals surface area contributed by atoms with E-state index in [0.717, 1.165) is 82.8 Å². The highest BCUT2D eigenvalue weighted by Gasteiger charge is 2.29. The first kappa shape index (κ1) is 18.4. The molecule has 0 aromatic carbocycles. The number of nitrogens with zero attached hydrogens (tertiary/aromatic N) is 5. The lowest BCUT2D eigenvalue weighted by atomic mass is 9.98. The summed E-state index contributed by atoms with van der Waals surface area (Å²) >= 11 is 0. The van der Waals surface area contributed by atoms with Crippen molar-refractivity contribution in [3.63, 3.8) is 0 Å². The normalized spacial score (nSPS) is 22.2. The summed E-state index contributed by atoms with van der Waals surface area (Å²) in [5, 5.41) is 0. The van der Waals surface area contributed by atoms with Crippen LogP contribution in [-0.4, -0.2) is 86.5 Å². The van der Waals surface area contributed by atoms with Crippen LogP contribution in [-0.2, 0) is 14.3 Å². The molecule has 0 radical (unpaired) electrons. The Bertz CT molecular complexity index is 651. The lowest BCUT2D eigenvalue weighted by Gasteiger charge is -2.37. The van der Waals surface area contributed by atoms with E-state index in [2.05, 4.69) is 14.8 Å². The highest BCUT2D eigenvalue weighted by atomic mass is 16.5. The number of rotatable bonds is 3. The number of carbonyl (C=O) groups excluding carboxylic acids is 1. The summed E-state index contributed by atoms with van der Waals surface area (Å²) in [5.41, 5.74) is 0.974. The van der Waals surface area contributed by atoms with Crippen molar-refractivity contribution in [3.8, 4) is 0 Å². The Labute approximate surface area is 160 Å². The third-order valence-corrected chi connectivity index (χ3v) is 5.61. The Kier molecular flexibility index (Phi) is 5.73. The van der Waals surface area contributed by atoms with Crippen molar-refractivity contribution >= 4 is 17.7 Å². The topological polar surface area (TPSA) is 71.0 Å². The predicted octanol–water partition coefficient (Wildman–Crippen LogP) is 0.697. The number of hydrogen-bond donors (Lipinski definition) is 0. The Morgan fingerprint density at radius 2 is 1.59 bits per heavy atom. The molecule has 3 aliphatic rings. The minimum Gasteiger partial charge on any atom is -0.381 e. The van der Waals surface area contributed by atoms with Gasteiger partial charge in [0, 0.05) is 70.2 Å². The van der Waals surface area contributed by atoms with Gasteiger partial charge in [-0.3, -0.25) is 4.79 Å². The maximum atomic E-state index is 12.7. The van der Waals surface area contributed by atoms with Crippen molar-refractivity contribution in [3.05, 3.63) is 11.8 Å². The Hall–Kier alpha value is -1.93. The number of hydrogen-bond acceptors (Lipinski definition) is 7. The quantitative estimate of drug-likeness (QED) is 0.770. The molecular formula is C19H29N5O3. The summed E-state index contributed by atoms with van der Waals surface area (Å²) in [6.07, 6.45) is 1.70. The number of ether oxygens (including phenoxy) is 2. The molecule has 0 spiro atoms. The molecule has 1 aromatic heterocycles. The second-order valence-corrected chi connectivity index (χ2v) is 7.47. The summed E-state index contributed by atoms with van der Waals surface area (Å²) < 4.78 is 10.8. The number of amides is 1. The highest BCUT2D eigenvalue weighted by Crippen LogP contribution is 2.22. The molecule has 4 heterocycles. The number of aromatic nitrogens is 2. The maximum absolute atomic E-state index is 12.7. The summed E-state index contributed by atoms with van der Waals surface area (Å²) in [6, 6.07) is 2.04. The molecule has 27 heavy (non-hydrogen) atoms. The van der Waals surface area contributed by atoms with Gasteiger partial charge in [0.05, 0.1) is 13.2 Å². The zero-order valence-electron chi connectivity index (χ0n) is 16.1. The minimum absolute atomic E-state index is 0.133. The van der Waals surface area contributed by atoms with Crippen LogP contribution < -0.4 is 9.80 Å².